The summed E-state index contributed by atoms with van der Waals surface area (Å²) in [6.07, 6.45) is 0.366. The Morgan fingerprint density at radius 2 is 1.90 bits per heavy atom. The fourth-order valence-corrected chi connectivity index (χ4v) is 1.88. The second kappa shape index (κ2) is 7.11. The first kappa shape index (κ1) is 14.6. The van der Waals surface area contributed by atoms with E-state index in [-0.39, 0.29) is 5.91 Å². The van der Waals surface area contributed by atoms with E-state index in [9.17, 15) is 4.79 Å². The summed E-state index contributed by atoms with van der Waals surface area (Å²) in [6, 6.07) is 17.0. The van der Waals surface area contributed by atoms with Crippen molar-refractivity contribution < 1.29 is 4.79 Å². The number of hydrogen-bond donors (Lipinski definition) is 2. The standard InChI is InChI=1S/C17H17N3O/c1-13-5-7-15(8-6-13)20-17(21)9-10-19-16-4-2-3-14(11-16)12-18/h2-8,11,19H,9-10H2,1H3,(H,20,21). The highest BCUT2D eigenvalue weighted by Gasteiger charge is 2.02. The molecule has 21 heavy (non-hydrogen) atoms. The first-order valence-electron chi connectivity index (χ1n) is 6.78. The third-order valence-corrected chi connectivity index (χ3v) is 3.01. The first-order valence-corrected chi connectivity index (χ1v) is 6.78. The zero-order valence-electron chi connectivity index (χ0n) is 11.9. The Kier molecular flexibility index (Phi) is 4.94. The highest BCUT2D eigenvalue weighted by molar-refractivity contribution is 5.90. The van der Waals surface area contributed by atoms with Crippen molar-refractivity contribution in [2.45, 2.75) is 13.3 Å². The van der Waals surface area contributed by atoms with Gasteiger partial charge < -0.3 is 10.6 Å². The minimum Gasteiger partial charge on any atom is -0.384 e. The highest BCUT2D eigenvalue weighted by atomic mass is 16.1. The molecule has 0 spiro atoms. The molecule has 2 N–H and O–H groups in total. The van der Waals surface area contributed by atoms with E-state index in [1.54, 1.807) is 12.1 Å². The summed E-state index contributed by atoms with van der Waals surface area (Å²) < 4.78 is 0. The van der Waals surface area contributed by atoms with Crippen molar-refractivity contribution in [3.63, 3.8) is 0 Å². The summed E-state index contributed by atoms with van der Waals surface area (Å²) >= 11 is 0. The summed E-state index contributed by atoms with van der Waals surface area (Å²) in [5, 5.41) is 14.8. The van der Waals surface area contributed by atoms with Crippen molar-refractivity contribution in [2.75, 3.05) is 17.2 Å². The molecule has 0 atom stereocenters. The molecule has 0 aliphatic rings. The van der Waals surface area contributed by atoms with Crippen molar-refractivity contribution in [1.82, 2.24) is 0 Å². The SMILES string of the molecule is Cc1ccc(NC(=O)CCNc2cccc(C#N)c2)cc1. The van der Waals surface area contributed by atoms with E-state index < -0.39 is 0 Å². The van der Waals surface area contributed by atoms with Gasteiger partial charge in [0.15, 0.2) is 0 Å². The summed E-state index contributed by atoms with van der Waals surface area (Å²) in [5.41, 5.74) is 3.41. The van der Waals surface area contributed by atoms with Gasteiger partial charge in [0.1, 0.15) is 0 Å². The van der Waals surface area contributed by atoms with Crippen LogP contribution in [0, 0.1) is 18.3 Å². The van der Waals surface area contributed by atoms with Crippen LogP contribution in [-0.2, 0) is 4.79 Å². The summed E-state index contributed by atoms with van der Waals surface area (Å²) in [4.78, 5) is 11.8. The van der Waals surface area contributed by atoms with Gasteiger partial charge in [-0.05, 0) is 37.3 Å². The molecule has 2 aromatic carbocycles. The fraction of sp³-hybridized carbons (Fsp3) is 0.176. The molecule has 0 aromatic heterocycles. The van der Waals surface area contributed by atoms with Gasteiger partial charge >= 0.3 is 0 Å². The zero-order valence-corrected chi connectivity index (χ0v) is 11.9. The summed E-state index contributed by atoms with van der Waals surface area (Å²) in [6.45, 7) is 2.53. The van der Waals surface area contributed by atoms with Gasteiger partial charge in [0.25, 0.3) is 0 Å². The molecule has 0 aliphatic carbocycles. The van der Waals surface area contributed by atoms with Gasteiger partial charge in [0, 0.05) is 24.3 Å². The molecule has 4 nitrogen and oxygen atoms in total. The van der Waals surface area contributed by atoms with Crippen LogP contribution in [-0.4, -0.2) is 12.5 Å². The summed E-state index contributed by atoms with van der Waals surface area (Å²) in [5.74, 6) is -0.0391. The number of nitrogens with zero attached hydrogens (tertiary/aromatic N) is 1. The molecular formula is C17H17N3O. The number of rotatable bonds is 5. The van der Waals surface area contributed by atoms with Gasteiger partial charge in [-0.15, -0.1) is 0 Å². The van der Waals surface area contributed by atoms with Gasteiger partial charge in [-0.3, -0.25) is 4.79 Å². The van der Waals surface area contributed by atoms with E-state index in [4.69, 9.17) is 5.26 Å². The molecule has 1 amide bonds. The van der Waals surface area contributed by atoms with Crippen LogP contribution in [0.1, 0.15) is 17.5 Å². The molecule has 0 bridgehead atoms. The Morgan fingerprint density at radius 1 is 1.14 bits per heavy atom. The van der Waals surface area contributed by atoms with Crippen molar-refractivity contribution in [3.8, 4) is 6.07 Å². The van der Waals surface area contributed by atoms with E-state index in [2.05, 4.69) is 16.7 Å². The molecule has 2 aromatic rings. The van der Waals surface area contributed by atoms with Crippen LogP contribution in [0.15, 0.2) is 48.5 Å². The minimum absolute atomic E-state index is 0.0391. The lowest BCUT2D eigenvalue weighted by molar-refractivity contribution is -0.115. The van der Waals surface area contributed by atoms with Crippen molar-refractivity contribution in [2.24, 2.45) is 0 Å². The second-order valence-electron chi connectivity index (χ2n) is 4.78. The fourth-order valence-electron chi connectivity index (χ4n) is 1.88. The van der Waals surface area contributed by atoms with E-state index in [1.807, 2.05) is 43.3 Å². The number of aryl methyl sites for hydroxylation is 1. The predicted molar refractivity (Wildman–Crippen MR) is 84.1 cm³/mol. The predicted octanol–water partition coefficient (Wildman–Crippen LogP) is 3.31. The van der Waals surface area contributed by atoms with Crippen LogP contribution >= 0.6 is 0 Å². The monoisotopic (exact) mass is 279 g/mol. The van der Waals surface area contributed by atoms with Crippen molar-refractivity contribution in [1.29, 1.82) is 5.26 Å². The lowest BCUT2D eigenvalue weighted by Crippen LogP contribution is -2.16. The molecular weight excluding hydrogens is 262 g/mol. The van der Waals surface area contributed by atoms with Gasteiger partial charge in [-0.25, -0.2) is 0 Å². The third-order valence-electron chi connectivity index (χ3n) is 3.01. The molecule has 2 rings (SSSR count). The average Bonchev–Trinajstić information content (AvgIpc) is 2.50. The minimum atomic E-state index is -0.0391. The maximum Gasteiger partial charge on any atom is 0.226 e. The van der Waals surface area contributed by atoms with Crippen LogP contribution < -0.4 is 10.6 Å². The molecule has 0 saturated heterocycles. The van der Waals surface area contributed by atoms with Crippen LogP contribution in [0.2, 0.25) is 0 Å². The number of benzene rings is 2. The Hall–Kier alpha value is -2.80. The van der Waals surface area contributed by atoms with Gasteiger partial charge in [0.05, 0.1) is 11.6 Å². The van der Waals surface area contributed by atoms with E-state index in [0.29, 0.717) is 18.5 Å². The van der Waals surface area contributed by atoms with Crippen LogP contribution in [0.5, 0.6) is 0 Å². The smallest absolute Gasteiger partial charge is 0.226 e. The number of amides is 1. The largest absolute Gasteiger partial charge is 0.384 e. The first-order chi connectivity index (χ1) is 10.2. The number of nitriles is 1. The Balaban J connectivity index is 1.79. The molecule has 0 aliphatic heterocycles. The maximum absolute atomic E-state index is 11.8. The second-order valence-corrected chi connectivity index (χ2v) is 4.78. The summed E-state index contributed by atoms with van der Waals surface area (Å²) in [7, 11) is 0. The molecule has 0 fully saturated rings. The normalized spacial score (nSPS) is 9.71. The average molecular weight is 279 g/mol. The van der Waals surface area contributed by atoms with Crippen molar-refractivity contribution >= 4 is 17.3 Å². The van der Waals surface area contributed by atoms with Crippen molar-refractivity contribution in [3.05, 3.63) is 59.7 Å². The Morgan fingerprint density at radius 3 is 2.62 bits per heavy atom. The quantitative estimate of drug-likeness (QED) is 0.882. The van der Waals surface area contributed by atoms with E-state index in [0.717, 1.165) is 16.9 Å². The molecule has 0 unspecified atom stereocenters. The molecule has 0 heterocycles. The number of carbonyl (C=O) groups excluding carboxylic acids is 1. The molecule has 106 valence electrons. The highest BCUT2D eigenvalue weighted by Crippen LogP contribution is 2.11. The zero-order chi connectivity index (χ0) is 15.1. The topological polar surface area (TPSA) is 64.9 Å². The molecule has 0 saturated carbocycles. The third kappa shape index (κ3) is 4.66. The molecule has 4 heteroatoms. The van der Waals surface area contributed by atoms with Crippen LogP contribution in [0.25, 0.3) is 0 Å². The van der Waals surface area contributed by atoms with Gasteiger partial charge in [-0.1, -0.05) is 23.8 Å². The van der Waals surface area contributed by atoms with E-state index in [1.165, 1.54) is 0 Å². The van der Waals surface area contributed by atoms with Gasteiger partial charge in [0.2, 0.25) is 5.91 Å². The number of hydrogen-bond acceptors (Lipinski definition) is 3. The number of anilines is 2. The van der Waals surface area contributed by atoms with Gasteiger partial charge in [-0.2, -0.15) is 5.26 Å². The maximum atomic E-state index is 11.8. The lowest BCUT2D eigenvalue weighted by Gasteiger charge is -2.08. The van der Waals surface area contributed by atoms with E-state index >= 15 is 0 Å². The van der Waals surface area contributed by atoms with Crippen LogP contribution in [0.3, 0.4) is 0 Å². The Bertz CT molecular complexity index is 656. The van der Waals surface area contributed by atoms with Crippen LogP contribution in [0.4, 0.5) is 11.4 Å². The molecule has 0 radical (unpaired) electrons. The lowest BCUT2D eigenvalue weighted by atomic mass is 10.2. The Labute approximate surface area is 124 Å². The number of nitrogens with one attached hydrogen (secondary N) is 2. The number of carbonyl (C=O) groups is 1.